The number of likely N-dealkylation sites (N-methyl/N-ethyl adjacent to an activating group) is 1. The molecule has 0 saturated heterocycles. The Labute approximate surface area is 265 Å². The van der Waals surface area contributed by atoms with Crippen molar-refractivity contribution in [2.75, 3.05) is 17.9 Å². The highest BCUT2D eigenvalue weighted by atomic mass is 35.5. The van der Waals surface area contributed by atoms with Crippen molar-refractivity contribution in [2.45, 2.75) is 37.0 Å². The minimum absolute atomic E-state index is 0.0824. The average Bonchev–Trinajstić information content (AvgIpc) is 3.01. The van der Waals surface area contributed by atoms with E-state index in [2.05, 4.69) is 5.32 Å². The molecule has 4 aromatic rings. The molecule has 0 aromatic heterocycles. The standard InChI is InChI=1S/C33H31ClF3N3O4S/c1-23-10-9-13-25(18-23)21-39(30(32(42)38-2)19-24-11-5-3-6-12-24)31(41)22-40(45(43,44)27-14-7-4-8-15-27)29-20-26(33(35,36)37)16-17-28(29)34/h3-18,20,30H,19,21-22H2,1-2H3,(H,38,42)/t30-/m0/s1. The van der Waals surface area contributed by atoms with E-state index >= 15 is 0 Å². The summed E-state index contributed by atoms with van der Waals surface area (Å²) in [6, 6.07) is 24.4. The maximum absolute atomic E-state index is 14.3. The quantitative estimate of drug-likeness (QED) is 0.207. The summed E-state index contributed by atoms with van der Waals surface area (Å²) in [5.41, 5.74) is 0.622. The van der Waals surface area contributed by atoms with Crippen molar-refractivity contribution >= 4 is 39.1 Å². The molecule has 1 atom stereocenters. The lowest BCUT2D eigenvalue weighted by Crippen LogP contribution is -2.53. The molecular formula is C33H31ClF3N3O4S. The lowest BCUT2D eigenvalue weighted by Gasteiger charge is -2.34. The summed E-state index contributed by atoms with van der Waals surface area (Å²) in [6.07, 6.45) is -4.73. The highest BCUT2D eigenvalue weighted by Gasteiger charge is 2.37. The van der Waals surface area contributed by atoms with Gasteiger partial charge in [0.05, 0.1) is 21.2 Å². The van der Waals surface area contributed by atoms with E-state index in [1.54, 1.807) is 48.5 Å². The molecule has 0 unspecified atom stereocenters. The van der Waals surface area contributed by atoms with Gasteiger partial charge in [0, 0.05) is 20.0 Å². The van der Waals surface area contributed by atoms with Crippen molar-refractivity contribution in [3.63, 3.8) is 0 Å². The maximum atomic E-state index is 14.3. The summed E-state index contributed by atoms with van der Waals surface area (Å²) in [7, 11) is -3.20. The van der Waals surface area contributed by atoms with Crippen molar-refractivity contribution in [1.82, 2.24) is 10.2 Å². The van der Waals surface area contributed by atoms with E-state index in [0.717, 1.165) is 23.3 Å². The molecule has 0 heterocycles. The summed E-state index contributed by atoms with van der Waals surface area (Å²) >= 11 is 6.33. The van der Waals surface area contributed by atoms with Gasteiger partial charge in [-0.1, -0.05) is 90.0 Å². The first kappa shape index (κ1) is 33.5. The second kappa shape index (κ2) is 14.2. The number of sulfonamides is 1. The van der Waals surface area contributed by atoms with Crippen LogP contribution in [0.3, 0.4) is 0 Å². The molecule has 236 valence electrons. The van der Waals surface area contributed by atoms with Crippen LogP contribution in [0.4, 0.5) is 18.9 Å². The van der Waals surface area contributed by atoms with E-state index in [9.17, 15) is 31.2 Å². The molecule has 0 aliphatic carbocycles. The van der Waals surface area contributed by atoms with Gasteiger partial charge in [0.1, 0.15) is 12.6 Å². The fourth-order valence-electron chi connectivity index (χ4n) is 4.84. The van der Waals surface area contributed by atoms with Crippen molar-refractivity contribution in [2.24, 2.45) is 0 Å². The van der Waals surface area contributed by atoms with Gasteiger partial charge < -0.3 is 10.2 Å². The number of amides is 2. The van der Waals surface area contributed by atoms with Gasteiger partial charge in [-0.05, 0) is 48.4 Å². The smallest absolute Gasteiger partial charge is 0.357 e. The number of hydrogen-bond acceptors (Lipinski definition) is 4. The van der Waals surface area contributed by atoms with Crippen LogP contribution in [0.15, 0.2) is 108 Å². The summed E-state index contributed by atoms with van der Waals surface area (Å²) < 4.78 is 69.8. The molecule has 7 nitrogen and oxygen atoms in total. The molecule has 2 amide bonds. The van der Waals surface area contributed by atoms with Gasteiger partial charge in [-0.15, -0.1) is 0 Å². The summed E-state index contributed by atoms with van der Waals surface area (Å²) in [5.74, 6) is -1.33. The van der Waals surface area contributed by atoms with Gasteiger partial charge in [0.2, 0.25) is 11.8 Å². The zero-order chi connectivity index (χ0) is 32.8. The Hall–Kier alpha value is -4.35. The number of alkyl halides is 3. The van der Waals surface area contributed by atoms with Crippen molar-refractivity contribution < 1.29 is 31.2 Å². The monoisotopic (exact) mass is 657 g/mol. The molecule has 0 fully saturated rings. The van der Waals surface area contributed by atoms with E-state index in [0.29, 0.717) is 15.9 Å². The first-order chi connectivity index (χ1) is 21.3. The molecule has 1 N–H and O–H groups in total. The lowest BCUT2D eigenvalue weighted by atomic mass is 10.0. The number of aryl methyl sites for hydroxylation is 1. The van der Waals surface area contributed by atoms with Crippen LogP contribution >= 0.6 is 11.6 Å². The molecule has 0 saturated carbocycles. The highest BCUT2D eigenvalue weighted by molar-refractivity contribution is 7.92. The van der Waals surface area contributed by atoms with Crippen LogP contribution < -0.4 is 9.62 Å². The van der Waals surface area contributed by atoms with Crippen LogP contribution in [0, 0.1) is 6.92 Å². The summed E-state index contributed by atoms with van der Waals surface area (Å²) in [4.78, 5) is 28.6. The van der Waals surface area contributed by atoms with Crippen LogP contribution in [0.2, 0.25) is 5.02 Å². The third-order valence-electron chi connectivity index (χ3n) is 7.11. The molecule has 0 spiro atoms. The Morgan fingerprint density at radius 3 is 2.09 bits per heavy atom. The van der Waals surface area contributed by atoms with Crippen LogP contribution in [-0.4, -0.2) is 44.8 Å². The van der Waals surface area contributed by atoms with Gasteiger partial charge in [-0.2, -0.15) is 13.2 Å². The minimum Gasteiger partial charge on any atom is -0.357 e. The third kappa shape index (κ3) is 8.23. The minimum atomic E-state index is -4.82. The predicted molar refractivity (Wildman–Crippen MR) is 167 cm³/mol. The Bertz CT molecular complexity index is 1750. The molecule has 0 aliphatic heterocycles. The third-order valence-corrected chi connectivity index (χ3v) is 9.20. The topological polar surface area (TPSA) is 86.8 Å². The normalized spacial score (nSPS) is 12.3. The number of hydrogen-bond donors (Lipinski definition) is 1. The van der Waals surface area contributed by atoms with E-state index in [-0.39, 0.29) is 22.9 Å². The predicted octanol–water partition coefficient (Wildman–Crippen LogP) is 6.25. The molecule has 12 heteroatoms. The number of anilines is 1. The second-order valence-electron chi connectivity index (χ2n) is 10.3. The molecule has 45 heavy (non-hydrogen) atoms. The van der Waals surface area contributed by atoms with Gasteiger partial charge >= 0.3 is 6.18 Å². The van der Waals surface area contributed by atoms with Crippen molar-refractivity contribution in [3.05, 3.63) is 130 Å². The average molecular weight is 658 g/mol. The number of carbonyl (C=O) groups is 2. The number of halogens is 4. The first-order valence-electron chi connectivity index (χ1n) is 13.9. The number of carbonyl (C=O) groups excluding carboxylic acids is 2. The van der Waals surface area contributed by atoms with Crippen LogP contribution in [-0.2, 0) is 38.8 Å². The van der Waals surface area contributed by atoms with E-state index in [1.165, 1.54) is 36.2 Å². The zero-order valence-corrected chi connectivity index (χ0v) is 26.0. The maximum Gasteiger partial charge on any atom is 0.416 e. The van der Waals surface area contributed by atoms with Gasteiger partial charge in [-0.25, -0.2) is 8.42 Å². The summed E-state index contributed by atoms with van der Waals surface area (Å²) in [5, 5.41) is 2.27. The summed E-state index contributed by atoms with van der Waals surface area (Å²) in [6.45, 7) is 0.840. The van der Waals surface area contributed by atoms with Crippen LogP contribution in [0.1, 0.15) is 22.3 Å². The molecular weight excluding hydrogens is 627 g/mol. The number of nitrogens with one attached hydrogen (secondary N) is 1. The fourth-order valence-corrected chi connectivity index (χ4v) is 6.56. The Morgan fingerprint density at radius 1 is 0.867 bits per heavy atom. The Kier molecular flexibility index (Phi) is 10.6. The lowest BCUT2D eigenvalue weighted by molar-refractivity contribution is -0.139. The first-order valence-corrected chi connectivity index (χ1v) is 15.7. The van der Waals surface area contributed by atoms with E-state index in [1.807, 2.05) is 19.1 Å². The van der Waals surface area contributed by atoms with E-state index < -0.39 is 51.9 Å². The van der Waals surface area contributed by atoms with Gasteiger partial charge in [0.25, 0.3) is 10.0 Å². The molecule has 0 aliphatic rings. The molecule has 4 aromatic carbocycles. The van der Waals surface area contributed by atoms with Gasteiger partial charge in [-0.3, -0.25) is 13.9 Å². The molecule has 0 radical (unpaired) electrons. The molecule has 4 rings (SSSR count). The largest absolute Gasteiger partial charge is 0.416 e. The number of nitrogens with zero attached hydrogens (tertiary/aromatic N) is 2. The highest BCUT2D eigenvalue weighted by Crippen LogP contribution is 2.37. The van der Waals surface area contributed by atoms with Crippen molar-refractivity contribution in [1.29, 1.82) is 0 Å². The van der Waals surface area contributed by atoms with Crippen LogP contribution in [0.25, 0.3) is 0 Å². The zero-order valence-electron chi connectivity index (χ0n) is 24.5. The fraction of sp³-hybridized carbons (Fsp3) is 0.212. The number of benzene rings is 4. The number of rotatable bonds is 11. The molecule has 0 bridgehead atoms. The Balaban J connectivity index is 1.85. The SMILES string of the molecule is CNC(=O)[C@H](Cc1ccccc1)N(Cc1cccc(C)c1)C(=O)CN(c1cc(C(F)(F)F)ccc1Cl)S(=O)(=O)c1ccccc1. The van der Waals surface area contributed by atoms with E-state index in [4.69, 9.17) is 11.6 Å². The second-order valence-corrected chi connectivity index (χ2v) is 12.6. The van der Waals surface area contributed by atoms with Crippen LogP contribution in [0.5, 0.6) is 0 Å². The van der Waals surface area contributed by atoms with Crippen molar-refractivity contribution in [3.8, 4) is 0 Å². The Morgan fingerprint density at radius 2 is 1.49 bits per heavy atom. The van der Waals surface area contributed by atoms with Gasteiger partial charge in [0.15, 0.2) is 0 Å².